The summed E-state index contributed by atoms with van der Waals surface area (Å²) in [7, 11) is 1.80. The van der Waals surface area contributed by atoms with E-state index in [0.717, 1.165) is 31.2 Å². The second kappa shape index (κ2) is 11.0. The largest absolute Gasteiger partial charge is 0.356 e. The van der Waals surface area contributed by atoms with Crippen molar-refractivity contribution in [2.45, 2.75) is 33.1 Å². The summed E-state index contributed by atoms with van der Waals surface area (Å²) in [6.45, 7) is 6.03. The standard InChI is InChI=1S/C14H24N4.HI/c1-4-5-9-16-14(15-3)17-10-8-13-7-6-12(2)18-11-13;/h6-7,11H,4-5,8-10H2,1-3H3,(H2,15,16,17);1H. The van der Waals surface area contributed by atoms with E-state index in [1.54, 1.807) is 7.05 Å². The number of nitrogens with zero attached hydrogens (tertiary/aromatic N) is 2. The summed E-state index contributed by atoms with van der Waals surface area (Å²) in [6, 6.07) is 4.17. The van der Waals surface area contributed by atoms with Crippen LogP contribution < -0.4 is 10.6 Å². The highest BCUT2D eigenvalue weighted by Crippen LogP contribution is 1.99. The number of hydrogen-bond donors (Lipinski definition) is 2. The maximum atomic E-state index is 4.28. The molecule has 1 rings (SSSR count). The smallest absolute Gasteiger partial charge is 0.190 e. The van der Waals surface area contributed by atoms with Crippen molar-refractivity contribution in [3.63, 3.8) is 0 Å². The van der Waals surface area contributed by atoms with E-state index in [1.165, 1.54) is 18.4 Å². The molecule has 108 valence electrons. The Morgan fingerprint density at radius 3 is 2.58 bits per heavy atom. The average Bonchev–Trinajstić information content (AvgIpc) is 2.39. The van der Waals surface area contributed by atoms with Crippen LogP contribution in [-0.4, -0.2) is 31.1 Å². The molecule has 0 amide bonds. The highest BCUT2D eigenvalue weighted by Gasteiger charge is 1.97. The normalized spacial score (nSPS) is 10.8. The van der Waals surface area contributed by atoms with Crippen molar-refractivity contribution in [3.05, 3.63) is 29.6 Å². The number of guanidine groups is 1. The lowest BCUT2D eigenvalue weighted by Gasteiger charge is -2.11. The van der Waals surface area contributed by atoms with Crippen molar-refractivity contribution in [1.82, 2.24) is 15.6 Å². The molecule has 5 heteroatoms. The Kier molecular flexibility index (Phi) is 10.5. The van der Waals surface area contributed by atoms with Crippen molar-refractivity contribution in [2.24, 2.45) is 4.99 Å². The van der Waals surface area contributed by atoms with Gasteiger partial charge in [0.1, 0.15) is 0 Å². The molecule has 0 saturated carbocycles. The fourth-order valence-electron chi connectivity index (χ4n) is 1.58. The molecule has 0 saturated heterocycles. The first kappa shape index (κ1) is 18.1. The Hall–Kier alpha value is -0.850. The quantitative estimate of drug-likeness (QED) is 0.347. The minimum Gasteiger partial charge on any atom is -0.356 e. The maximum Gasteiger partial charge on any atom is 0.190 e. The predicted octanol–water partition coefficient (Wildman–Crippen LogP) is 2.52. The zero-order chi connectivity index (χ0) is 13.2. The fourth-order valence-corrected chi connectivity index (χ4v) is 1.58. The lowest BCUT2D eigenvalue weighted by atomic mass is 10.2. The molecular weight excluding hydrogens is 351 g/mol. The summed E-state index contributed by atoms with van der Waals surface area (Å²) in [6.07, 6.45) is 5.26. The second-order valence-electron chi connectivity index (χ2n) is 4.34. The van der Waals surface area contributed by atoms with E-state index in [2.05, 4.69) is 33.6 Å². The van der Waals surface area contributed by atoms with E-state index in [-0.39, 0.29) is 24.0 Å². The van der Waals surface area contributed by atoms with Gasteiger partial charge in [0, 0.05) is 32.0 Å². The van der Waals surface area contributed by atoms with Gasteiger partial charge >= 0.3 is 0 Å². The van der Waals surface area contributed by atoms with Gasteiger partial charge in [0.25, 0.3) is 0 Å². The van der Waals surface area contributed by atoms with Crippen molar-refractivity contribution in [2.75, 3.05) is 20.1 Å². The zero-order valence-corrected chi connectivity index (χ0v) is 14.4. The number of halogens is 1. The highest BCUT2D eigenvalue weighted by atomic mass is 127. The van der Waals surface area contributed by atoms with Crippen LogP contribution in [0.2, 0.25) is 0 Å². The van der Waals surface area contributed by atoms with Crippen LogP contribution in [0, 0.1) is 6.92 Å². The SMILES string of the molecule is CCCCNC(=NC)NCCc1ccc(C)nc1.I. The first-order chi connectivity index (χ1) is 8.76. The van der Waals surface area contributed by atoms with E-state index in [1.807, 2.05) is 19.2 Å². The number of aliphatic imine (C=N–C) groups is 1. The molecule has 19 heavy (non-hydrogen) atoms. The van der Waals surface area contributed by atoms with Crippen molar-refractivity contribution in [3.8, 4) is 0 Å². The minimum absolute atomic E-state index is 0. The third-order valence-corrected chi connectivity index (χ3v) is 2.73. The molecule has 0 bridgehead atoms. The molecular formula is C14H25IN4. The van der Waals surface area contributed by atoms with Gasteiger partial charge in [0.05, 0.1) is 0 Å². The Labute approximate surface area is 133 Å². The molecule has 0 aliphatic heterocycles. The molecule has 4 nitrogen and oxygen atoms in total. The lowest BCUT2D eigenvalue weighted by Crippen LogP contribution is -2.38. The van der Waals surface area contributed by atoms with Crippen LogP contribution in [-0.2, 0) is 6.42 Å². The van der Waals surface area contributed by atoms with Crippen LogP contribution >= 0.6 is 24.0 Å². The molecule has 0 atom stereocenters. The fraction of sp³-hybridized carbons (Fsp3) is 0.571. The Morgan fingerprint density at radius 1 is 1.26 bits per heavy atom. The van der Waals surface area contributed by atoms with E-state index in [0.29, 0.717) is 0 Å². The maximum absolute atomic E-state index is 4.28. The van der Waals surface area contributed by atoms with Crippen LogP contribution in [0.3, 0.4) is 0 Å². The number of hydrogen-bond acceptors (Lipinski definition) is 2. The van der Waals surface area contributed by atoms with Gasteiger partial charge in [0.15, 0.2) is 5.96 Å². The van der Waals surface area contributed by atoms with Crippen LogP contribution in [0.4, 0.5) is 0 Å². The van der Waals surface area contributed by atoms with Gasteiger partial charge in [-0.1, -0.05) is 19.4 Å². The summed E-state index contributed by atoms with van der Waals surface area (Å²) in [5, 5.41) is 6.59. The molecule has 1 aromatic rings. The monoisotopic (exact) mass is 376 g/mol. The topological polar surface area (TPSA) is 49.3 Å². The summed E-state index contributed by atoms with van der Waals surface area (Å²) in [5.74, 6) is 0.878. The van der Waals surface area contributed by atoms with Crippen LogP contribution in [0.5, 0.6) is 0 Å². The molecule has 1 heterocycles. The summed E-state index contributed by atoms with van der Waals surface area (Å²) >= 11 is 0. The third-order valence-electron chi connectivity index (χ3n) is 2.73. The zero-order valence-electron chi connectivity index (χ0n) is 12.1. The molecule has 1 aromatic heterocycles. The Bertz CT molecular complexity index is 362. The van der Waals surface area contributed by atoms with Gasteiger partial charge in [-0.25, -0.2) is 0 Å². The molecule has 0 fully saturated rings. The molecule has 0 aliphatic rings. The second-order valence-corrected chi connectivity index (χ2v) is 4.34. The first-order valence-corrected chi connectivity index (χ1v) is 6.62. The molecule has 0 spiro atoms. The molecule has 0 aliphatic carbocycles. The van der Waals surface area contributed by atoms with E-state index in [4.69, 9.17) is 0 Å². The average molecular weight is 376 g/mol. The van der Waals surface area contributed by atoms with E-state index in [9.17, 15) is 0 Å². The lowest BCUT2D eigenvalue weighted by molar-refractivity contribution is 0.726. The highest BCUT2D eigenvalue weighted by molar-refractivity contribution is 14.0. The summed E-state index contributed by atoms with van der Waals surface area (Å²) < 4.78 is 0. The van der Waals surface area contributed by atoms with Gasteiger partial charge < -0.3 is 10.6 Å². The molecule has 0 aromatic carbocycles. The van der Waals surface area contributed by atoms with E-state index >= 15 is 0 Å². The number of nitrogens with one attached hydrogen (secondary N) is 2. The van der Waals surface area contributed by atoms with Crippen molar-refractivity contribution in [1.29, 1.82) is 0 Å². The first-order valence-electron chi connectivity index (χ1n) is 6.62. The molecule has 2 N–H and O–H groups in total. The molecule has 0 radical (unpaired) electrons. The van der Waals surface area contributed by atoms with Crippen LogP contribution in [0.1, 0.15) is 31.0 Å². The number of rotatable bonds is 6. The van der Waals surface area contributed by atoms with Gasteiger partial charge in [-0.2, -0.15) is 0 Å². The summed E-state index contributed by atoms with van der Waals surface area (Å²) in [5.41, 5.74) is 2.31. The van der Waals surface area contributed by atoms with Crippen molar-refractivity contribution >= 4 is 29.9 Å². The van der Waals surface area contributed by atoms with Crippen LogP contribution in [0.15, 0.2) is 23.3 Å². The Balaban J connectivity index is 0.00000324. The number of pyridine rings is 1. The van der Waals surface area contributed by atoms with Gasteiger partial charge in [0.2, 0.25) is 0 Å². The van der Waals surface area contributed by atoms with Crippen molar-refractivity contribution < 1.29 is 0 Å². The minimum atomic E-state index is 0. The predicted molar refractivity (Wildman–Crippen MR) is 92.4 cm³/mol. The van der Waals surface area contributed by atoms with E-state index < -0.39 is 0 Å². The third kappa shape index (κ3) is 8.02. The van der Waals surface area contributed by atoms with Gasteiger partial charge in [-0.05, 0) is 31.4 Å². The van der Waals surface area contributed by atoms with Gasteiger partial charge in [-0.15, -0.1) is 24.0 Å². The number of aromatic nitrogens is 1. The molecule has 0 unspecified atom stereocenters. The Morgan fingerprint density at radius 2 is 2.00 bits per heavy atom. The van der Waals surface area contributed by atoms with Gasteiger partial charge in [-0.3, -0.25) is 9.98 Å². The number of aryl methyl sites for hydroxylation is 1. The van der Waals surface area contributed by atoms with Crippen LogP contribution in [0.25, 0.3) is 0 Å². The number of unbranched alkanes of at least 4 members (excludes halogenated alkanes) is 1. The summed E-state index contributed by atoms with van der Waals surface area (Å²) in [4.78, 5) is 8.47.